The summed E-state index contributed by atoms with van der Waals surface area (Å²) < 4.78 is 10.9. The molecule has 0 fully saturated rings. The number of hydrogen-bond donors (Lipinski definition) is 1. The van der Waals surface area contributed by atoms with Gasteiger partial charge in [-0.15, -0.1) is 10.2 Å². The van der Waals surface area contributed by atoms with Crippen LogP contribution in [0.2, 0.25) is 0 Å². The van der Waals surface area contributed by atoms with E-state index in [-0.39, 0.29) is 6.42 Å². The molecular weight excluding hydrogens is 492 g/mol. The lowest BCUT2D eigenvalue weighted by Gasteiger charge is -2.18. The van der Waals surface area contributed by atoms with Crippen molar-refractivity contribution in [1.82, 2.24) is 0 Å². The number of hydrogen-bond acceptors (Lipinski definition) is 10. The predicted octanol–water partition coefficient (Wildman–Crippen LogP) is 6.81. The highest BCUT2D eigenvalue weighted by atomic mass is 16.8. The van der Waals surface area contributed by atoms with Crippen LogP contribution < -0.4 is 14.4 Å². The molecule has 12 heteroatoms. The van der Waals surface area contributed by atoms with E-state index in [0.29, 0.717) is 57.8 Å². The van der Waals surface area contributed by atoms with Crippen molar-refractivity contribution in [2.24, 2.45) is 20.5 Å². The summed E-state index contributed by atoms with van der Waals surface area (Å²) in [6, 6.07) is 17.1. The first kappa shape index (κ1) is 27.7. The number of carbonyl (C=O) groups is 1. The molecule has 3 aromatic carbocycles. The van der Waals surface area contributed by atoms with Crippen LogP contribution >= 0.6 is 0 Å². The van der Waals surface area contributed by atoms with Gasteiger partial charge in [-0.25, -0.2) is 4.84 Å². The molecule has 0 heterocycles. The van der Waals surface area contributed by atoms with E-state index in [2.05, 4.69) is 25.3 Å². The Labute approximate surface area is 219 Å². The largest absolute Gasteiger partial charge is 0.494 e. The third kappa shape index (κ3) is 7.56. The number of ether oxygens (including phenoxy) is 2. The van der Waals surface area contributed by atoms with Crippen molar-refractivity contribution < 1.29 is 29.1 Å². The molecule has 0 aliphatic heterocycles. The lowest BCUT2D eigenvalue weighted by atomic mass is 10.2. The van der Waals surface area contributed by atoms with Crippen molar-refractivity contribution in [3.63, 3.8) is 0 Å². The highest BCUT2D eigenvalue weighted by Gasteiger charge is 2.14. The number of carboxylic acid groups (broad SMARTS) is 1. The molecule has 12 nitrogen and oxygen atoms in total. The summed E-state index contributed by atoms with van der Waals surface area (Å²) in [5, 5.41) is 25.9. The second kappa shape index (κ2) is 13.4. The normalized spacial score (nSPS) is 11.1. The number of nitrogens with zero attached hydrogens (tertiary/aromatic N) is 6. The molecule has 0 aromatic heterocycles. The summed E-state index contributed by atoms with van der Waals surface area (Å²) >= 11 is 0. The van der Waals surface area contributed by atoms with Crippen LogP contribution in [0, 0.1) is 4.91 Å². The topological polar surface area (TPSA) is 138 Å². The maximum atomic E-state index is 11.5. The zero-order valence-electron chi connectivity index (χ0n) is 21.6. The molecule has 0 amide bonds. The average Bonchev–Trinajstić information content (AvgIpc) is 2.94. The molecule has 0 saturated carbocycles. The van der Waals surface area contributed by atoms with E-state index in [4.69, 9.17) is 14.6 Å². The van der Waals surface area contributed by atoms with E-state index in [1.54, 1.807) is 36.4 Å². The molecule has 0 unspecified atom stereocenters. The lowest BCUT2D eigenvalue weighted by Crippen LogP contribution is -2.19. The maximum Gasteiger partial charge on any atom is 0.316 e. The van der Waals surface area contributed by atoms with Gasteiger partial charge in [0.1, 0.15) is 22.9 Å². The minimum Gasteiger partial charge on any atom is -0.494 e. The van der Waals surface area contributed by atoms with Crippen LogP contribution in [0.5, 0.6) is 11.5 Å². The van der Waals surface area contributed by atoms with Gasteiger partial charge in [0.2, 0.25) is 0 Å². The average molecular weight is 522 g/mol. The number of rotatable bonds is 13. The van der Waals surface area contributed by atoms with Crippen molar-refractivity contribution in [3.8, 4) is 11.5 Å². The standard InChI is InChI=1S/C26H28N6O6/c1-31(15-5-6-26(33)34)20-11-7-18(8-12-20)27-29-22-16-25(37-3)23(17-24(22)36-2)30-28-19-9-13-21(14-10-19)32(35)38-4/h7-14,16-17H,5-6,15H2,1-4H3/p+1. The summed E-state index contributed by atoms with van der Waals surface area (Å²) in [5.74, 6) is 0.0441. The van der Waals surface area contributed by atoms with E-state index in [1.807, 2.05) is 36.2 Å². The first-order valence-electron chi connectivity index (χ1n) is 11.6. The SMILES string of the molecule is COc1cc(N=Nc2ccc([N+](=O)OC)cc2)c(OC)cc1N=Nc1ccc(N(C)CCCC(=O)O)cc1. The lowest BCUT2D eigenvalue weighted by molar-refractivity contribution is -0.736. The van der Waals surface area contributed by atoms with Gasteiger partial charge in [-0.2, -0.15) is 10.2 Å². The van der Waals surface area contributed by atoms with Gasteiger partial charge in [0, 0.05) is 50.0 Å². The van der Waals surface area contributed by atoms with E-state index >= 15 is 0 Å². The van der Waals surface area contributed by atoms with Crippen LogP contribution in [0.15, 0.2) is 81.1 Å². The van der Waals surface area contributed by atoms with Gasteiger partial charge >= 0.3 is 11.7 Å². The van der Waals surface area contributed by atoms with Gasteiger partial charge in [-0.05, 0) is 42.8 Å². The number of anilines is 1. The minimum atomic E-state index is -0.802. The Kier molecular flexibility index (Phi) is 9.80. The van der Waals surface area contributed by atoms with Gasteiger partial charge in [0.25, 0.3) is 4.92 Å². The highest BCUT2D eigenvalue weighted by Crippen LogP contribution is 2.41. The van der Waals surface area contributed by atoms with E-state index in [9.17, 15) is 9.70 Å². The Bertz CT molecular complexity index is 1310. The summed E-state index contributed by atoms with van der Waals surface area (Å²) in [4.78, 5) is 29.2. The number of azo groups is 2. The van der Waals surface area contributed by atoms with Gasteiger partial charge in [0.05, 0.1) is 30.5 Å². The number of methoxy groups -OCH3 is 2. The first-order chi connectivity index (χ1) is 18.3. The molecule has 3 rings (SSSR count). The molecule has 0 saturated heterocycles. The zero-order valence-corrected chi connectivity index (χ0v) is 21.6. The van der Waals surface area contributed by atoms with Gasteiger partial charge in [-0.1, -0.05) is 0 Å². The van der Waals surface area contributed by atoms with E-state index < -0.39 is 5.97 Å². The van der Waals surface area contributed by atoms with E-state index in [0.717, 1.165) is 5.69 Å². The third-order valence-corrected chi connectivity index (χ3v) is 5.43. The van der Waals surface area contributed by atoms with Crippen LogP contribution in [0.3, 0.4) is 0 Å². The quantitative estimate of drug-likeness (QED) is 0.193. The Morgan fingerprint density at radius 2 is 1.34 bits per heavy atom. The van der Waals surface area contributed by atoms with E-state index in [1.165, 1.54) is 21.3 Å². The van der Waals surface area contributed by atoms with Crippen molar-refractivity contribution in [1.29, 1.82) is 0 Å². The Hall–Kier alpha value is -4.87. The third-order valence-electron chi connectivity index (χ3n) is 5.43. The van der Waals surface area contributed by atoms with Crippen LogP contribution in [0.25, 0.3) is 0 Å². The van der Waals surface area contributed by atoms with Crippen LogP contribution in [0.4, 0.5) is 34.1 Å². The molecule has 0 atom stereocenters. The highest BCUT2D eigenvalue weighted by molar-refractivity contribution is 5.67. The fourth-order valence-electron chi connectivity index (χ4n) is 3.36. The minimum absolute atomic E-state index is 0.130. The fraction of sp³-hybridized carbons (Fsp3) is 0.269. The van der Waals surface area contributed by atoms with Crippen molar-refractivity contribution >= 4 is 40.1 Å². The molecule has 0 spiro atoms. The summed E-state index contributed by atoms with van der Waals surface area (Å²) in [6.45, 7) is 0.631. The summed E-state index contributed by atoms with van der Waals surface area (Å²) in [7, 11) is 6.22. The van der Waals surface area contributed by atoms with Crippen LogP contribution in [0.1, 0.15) is 12.8 Å². The molecule has 0 aliphatic rings. The second-order valence-electron chi connectivity index (χ2n) is 7.99. The maximum absolute atomic E-state index is 11.5. The smallest absolute Gasteiger partial charge is 0.316 e. The van der Waals surface area contributed by atoms with Crippen molar-refractivity contribution in [3.05, 3.63) is 65.6 Å². The summed E-state index contributed by atoms with van der Waals surface area (Å²) in [6.07, 6.45) is 0.691. The molecule has 38 heavy (non-hydrogen) atoms. The monoisotopic (exact) mass is 521 g/mol. The van der Waals surface area contributed by atoms with Gasteiger partial charge in [0.15, 0.2) is 7.11 Å². The predicted molar refractivity (Wildman–Crippen MR) is 141 cm³/mol. The summed E-state index contributed by atoms with van der Waals surface area (Å²) in [5.41, 5.74) is 3.30. The molecule has 0 aliphatic carbocycles. The number of aliphatic carboxylic acids is 1. The fourth-order valence-corrected chi connectivity index (χ4v) is 3.36. The zero-order chi connectivity index (χ0) is 27.5. The molecular formula is C26H29N6O6+. The van der Waals surface area contributed by atoms with Crippen molar-refractivity contribution in [2.45, 2.75) is 12.8 Å². The number of carboxylic acids is 1. The molecule has 3 aromatic rings. The van der Waals surface area contributed by atoms with Gasteiger partial charge in [-0.3, -0.25) is 4.79 Å². The van der Waals surface area contributed by atoms with Crippen LogP contribution in [-0.2, 0) is 9.63 Å². The van der Waals surface area contributed by atoms with Gasteiger partial charge < -0.3 is 19.5 Å². The second-order valence-corrected chi connectivity index (χ2v) is 7.99. The molecule has 198 valence electrons. The number of benzene rings is 3. The molecule has 0 bridgehead atoms. The molecule has 0 radical (unpaired) electrons. The first-order valence-corrected chi connectivity index (χ1v) is 11.6. The van der Waals surface area contributed by atoms with Crippen molar-refractivity contribution in [2.75, 3.05) is 39.8 Å². The van der Waals surface area contributed by atoms with Crippen LogP contribution in [-0.4, -0.2) is 50.9 Å². The molecule has 1 N–H and O–H groups in total. The Morgan fingerprint density at radius 3 is 1.79 bits per heavy atom. The Morgan fingerprint density at radius 1 is 0.842 bits per heavy atom. The Balaban J connectivity index is 1.74.